The summed E-state index contributed by atoms with van der Waals surface area (Å²) in [4.78, 5) is 51.4. The van der Waals surface area contributed by atoms with Gasteiger partial charge in [0.1, 0.15) is 11.5 Å². The molecular weight excluding hydrogens is 615 g/mol. The summed E-state index contributed by atoms with van der Waals surface area (Å²) in [5, 5.41) is 10.5. The van der Waals surface area contributed by atoms with E-state index in [0.29, 0.717) is 33.9 Å². The summed E-state index contributed by atoms with van der Waals surface area (Å²) in [5.74, 6) is -2.32. The Labute approximate surface area is 269 Å². The summed E-state index contributed by atoms with van der Waals surface area (Å²) in [5.41, 5.74) is 1.64. The molecule has 230 valence electrons. The molecule has 0 fully saturated rings. The van der Waals surface area contributed by atoms with Crippen LogP contribution < -0.4 is 21.3 Å². The minimum absolute atomic E-state index is 0.0523. The van der Waals surface area contributed by atoms with Gasteiger partial charge in [-0.05, 0) is 79.2 Å². The summed E-state index contributed by atoms with van der Waals surface area (Å²) < 4.78 is 14.6. The largest absolute Gasteiger partial charge is 0.326 e. The van der Waals surface area contributed by atoms with E-state index in [2.05, 4.69) is 21.3 Å². The van der Waals surface area contributed by atoms with E-state index in [1.54, 1.807) is 72.8 Å². The molecule has 0 saturated carbocycles. The van der Waals surface area contributed by atoms with Gasteiger partial charge in [0.25, 0.3) is 11.8 Å². The SMILES string of the molecule is CCC(Sc1cccc(NC(=O)/C(=C\c2c(F)cccc2Cl)NC(=O)c2ccccc2)c1)C(=O)Nc1ccc(NC(C)=O)cc1. The van der Waals surface area contributed by atoms with Gasteiger partial charge < -0.3 is 21.3 Å². The van der Waals surface area contributed by atoms with E-state index in [4.69, 9.17) is 11.6 Å². The first kappa shape index (κ1) is 33.0. The van der Waals surface area contributed by atoms with Crippen molar-refractivity contribution in [3.63, 3.8) is 0 Å². The van der Waals surface area contributed by atoms with E-state index in [1.807, 2.05) is 13.0 Å². The van der Waals surface area contributed by atoms with Crippen LogP contribution in [0.1, 0.15) is 36.2 Å². The van der Waals surface area contributed by atoms with Gasteiger partial charge >= 0.3 is 0 Å². The minimum atomic E-state index is -0.701. The number of nitrogens with one attached hydrogen (secondary N) is 4. The molecule has 0 heterocycles. The molecule has 4 aromatic rings. The monoisotopic (exact) mass is 644 g/mol. The smallest absolute Gasteiger partial charge is 0.272 e. The Bertz CT molecular complexity index is 1710. The molecule has 0 radical (unpaired) electrons. The van der Waals surface area contributed by atoms with Gasteiger partial charge in [0.2, 0.25) is 11.8 Å². The Morgan fingerprint density at radius 1 is 0.822 bits per heavy atom. The van der Waals surface area contributed by atoms with Crippen LogP contribution in [0.4, 0.5) is 21.5 Å². The first-order valence-electron chi connectivity index (χ1n) is 13.9. The van der Waals surface area contributed by atoms with Crippen molar-refractivity contribution in [2.45, 2.75) is 30.4 Å². The van der Waals surface area contributed by atoms with Crippen LogP contribution in [0, 0.1) is 5.82 Å². The van der Waals surface area contributed by atoms with E-state index < -0.39 is 22.9 Å². The molecular formula is C34H30ClFN4O4S. The van der Waals surface area contributed by atoms with Crippen molar-refractivity contribution in [3.8, 4) is 0 Å². The zero-order valence-corrected chi connectivity index (χ0v) is 26.0. The zero-order chi connectivity index (χ0) is 32.3. The molecule has 0 aliphatic carbocycles. The topological polar surface area (TPSA) is 116 Å². The van der Waals surface area contributed by atoms with Crippen molar-refractivity contribution in [1.29, 1.82) is 0 Å². The predicted molar refractivity (Wildman–Crippen MR) is 178 cm³/mol. The lowest BCUT2D eigenvalue weighted by Crippen LogP contribution is -2.30. The van der Waals surface area contributed by atoms with Gasteiger partial charge in [-0.2, -0.15) is 0 Å². The molecule has 1 atom stereocenters. The number of carbonyl (C=O) groups is 4. The van der Waals surface area contributed by atoms with Crippen molar-refractivity contribution in [3.05, 3.63) is 125 Å². The number of rotatable bonds is 11. The average Bonchev–Trinajstić information content (AvgIpc) is 3.02. The van der Waals surface area contributed by atoms with Gasteiger partial charge in [0.05, 0.1) is 10.3 Å². The van der Waals surface area contributed by atoms with Crippen molar-refractivity contribution >= 4 is 70.1 Å². The van der Waals surface area contributed by atoms with Gasteiger partial charge in [-0.3, -0.25) is 19.2 Å². The predicted octanol–water partition coefficient (Wildman–Crippen LogP) is 7.36. The second-order valence-electron chi connectivity index (χ2n) is 9.76. The van der Waals surface area contributed by atoms with Crippen LogP contribution in [0.15, 0.2) is 108 Å². The number of hydrogen-bond donors (Lipinski definition) is 4. The third-order valence-corrected chi connectivity index (χ3v) is 8.01. The molecule has 0 bridgehead atoms. The standard InChI is InChI=1S/C34H30ClFN4O4S/c1-3-31(34(44)38-24-17-15-23(16-18-24)37-21(2)41)45-26-12-7-11-25(19-26)39-33(43)30(20-27-28(35)13-8-14-29(27)36)40-32(42)22-9-5-4-6-10-22/h4-20,31H,3H2,1-2H3,(H,37,41)(H,38,44)(H,39,43)(H,40,42)/b30-20+. The summed E-state index contributed by atoms with van der Waals surface area (Å²) in [7, 11) is 0. The third kappa shape index (κ3) is 9.53. The number of benzene rings is 4. The van der Waals surface area contributed by atoms with Gasteiger partial charge in [-0.15, -0.1) is 11.8 Å². The fraction of sp³-hybridized carbons (Fsp3) is 0.118. The quantitative estimate of drug-likeness (QED) is 0.101. The maximum absolute atomic E-state index is 14.6. The van der Waals surface area contributed by atoms with Crippen molar-refractivity contribution in [2.24, 2.45) is 0 Å². The molecule has 1 unspecified atom stereocenters. The summed E-state index contributed by atoms with van der Waals surface area (Å²) in [6.07, 6.45) is 1.71. The average molecular weight is 645 g/mol. The molecule has 4 amide bonds. The van der Waals surface area contributed by atoms with E-state index in [9.17, 15) is 23.6 Å². The van der Waals surface area contributed by atoms with Gasteiger partial charge in [-0.1, -0.05) is 48.9 Å². The Morgan fingerprint density at radius 2 is 1.49 bits per heavy atom. The maximum atomic E-state index is 14.6. The number of halogens is 2. The normalized spacial score (nSPS) is 11.7. The van der Waals surface area contributed by atoms with Crippen molar-refractivity contribution in [2.75, 3.05) is 16.0 Å². The molecule has 0 spiro atoms. The van der Waals surface area contributed by atoms with Crippen LogP contribution in [0.3, 0.4) is 0 Å². The highest BCUT2D eigenvalue weighted by molar-refractivity contribution is 8.00. The van der Waals surface area contributed by atoms with Crippen LogP contribution in [-0.2, 0) is 14.4 Å². The summed E-state index contributed by atoms with van der Waals surface area (Å²) >= 11 is 7.52. The van der Waals surface area contributed by atoms with Crippen LogP contribution in [-0.4, -0.2) is 28.9 Å². The first-order chi connectivity index (χ1) is 21.6. The highest BCUT2D eigenvalue weighted by Gasteiger charge is 2.20. The van der Waals surface area contributed by atoms with E-state index in [-0.39, 0.29) is 28.1 Å². The lowest BCUT2D eigenvalue weighted by molar-refractivity contribution is -0.116. The minimum Gasteiger partial charge on any atom is -0.326 e. The molecule has 0 aromatic heterocycles. The molecule has 0 aliphatic rings. The number of amides is 4. The first-order valence-corrected chi connectivity index (χ1v) is 15.2. The van der Waals surface area contributed by atoms with E-state index >= 15 is 0 Å². The highest BCUT2D eigenvalue weighted by atomic mass is 35.5. The summed E-state index contributed by atoms with van der Waals surface area (Å²) in [6, 6.07) is 26.1. The van der Waals surface area contributed by atoms with Gasteiger partial charge in [0, 0.05) is 40.0 Å². The fourth-order valence-electron chi connectivity index (χ4n) is 4.13. The molecule has 11 heteroatoms. The zero-order valence-electron chi connectivity index (χ0n) is 24.4. The van der Waals surface area contributed by atoms with Crippen LogP contribution >= 0.6 is 23.4 Å². The number of hydrogen-bond acceptors (Lipinski definition) is 5. The van der Waals surface area contributed by atoms with Crippen LogP contribution in [0.5, 0.6) is 0 Å². The molecule has 0 aliphatic heterocycles. The van der Waals surface area contributed by atoms with Crippen LogP contribution in [0.25, 0.3) is 6.08 Å². The fourth-order valence-corrected chi connectivity index (χ4v) is 5.36. The molecule has 4 rings (SSSR count). The molecule has 4 N–H and O–H groups in total. The van der Waals surface area contributed by atoms with E-state index in [1.165, 1.54) is 43.0 Å². The Morgan fingerprint density at radius 3 is 2.13 bits per heavy atom. The lowest BCUT2D eigenvalue weighted by atomic mass is 10.1. The Balaban J connectivity index is 1.49. The second kappa shape index (κ2) is 15.7. The third-order valence-electron chi connectivity index (χ3n) is 6.32. The molecule has 8 nitrogen and oxygen atoms in total. The summed E-state index contributed by atoms with van der Waals surface area (Å²) in [6.45, 7) is 3.31. The maximum Gasteiger partial charge on any atom is 0.272 e. The highest BCUT2D eigenvalue weighted by Crippen LogP contribution is 2.29. The van der Waals surface area contributed by atoms with Crippen molar-refractivity contribution < 1.29 is 23.6 Å². The van der Waals surface area contributed by atoms with Gasteiger partial charge in [0.15, 0.2) is 0 Å². The second-order valence-corrected chi connectivity index (χ2v) is 11.4. The number of thioether (sulfide) groups is 1. The number of carbonyl (C=O) groups excluding carboxylic acids is 4. The molecule has 4 aromatic carbocycles. The van der Waals surface area contributed by atoms with Crippen molar-refractivity contribution in [1.82, 2.24) is 5.32 Å². The Kier molecular flexibility index (Phi) is 11.5. The van der Waals surface area contributed by atoms with Gasteiger partial charge in [-0.25, -0.2) is 4.39 Å². The lowest BCUT2D eigenvalue weighted by Gasteiger charge is -2.16. The number of anilines is 3. The Hall–Kier alpha value is -4.93. The molecule has 0 saturated heterocycles. The molecule has 45 heavy (non-hydrogen) atoms. The van der Waals surface area contributed by atoms with E-state index in [0.717, 1.165) is 0 Å². The van der Waals surface area contributed by atoms with Crippen LogP contribution in [0.2, 0.25) is 5.02 Å².